The molecule has 6 heteroatoms. The lowest BCUT2D eigenvalue weighted by Crippen LogP contribution is -2.54. The summed E-state index contributed by atoms with van der Waals surface area (Å²) in [4.78, 5) is 43.1. The largest absolute Gasteiger partial charge is 0.342 e. The molecule has 168 valence electrons. The first-order chi connectivity index (χ1) is 15.0. The Morgan fingerprint density at radius 1 is 0.871 bits per heavy atom. The number of nitrogens with one attached hydrogen (secondary N) is 1. The minimum atomic E-state index is -0.520. The first kappa shape index (κ1) is 21.8. The van der Waals surface area contributed by atoms with Crippen LogP contribution < -0.4 is 5.32 Å². The van der Waals surface area contributed by atoms with Gasteiger partial charge in [-0.25, -0.2) is 0 Å². The van der Waals surface area contributed by atoms with Crippen molar-refractivity contribution >= 4 is 17.7 Å². The second-order valence-electron chi connectivity index (χ2n) is 9.44. The minimum Gasteiger partial charge on any atom is -0.342 e. The van der Waals surface area contributed by atoms with Gasteiger partial charge >= 0.3 is 0 Å². The van der Waals surface area contributed by atoms with Gasteiger partial charge in [0, 0.05) is 37.7 Å². The summed E-state index contributed by atoms with van der Waals surface area (Å²) in [7, 11) is 0. The smallest absolute Gasteiger partial charge is 0.252 e. The molecule has 2 saturated heterocycles. The number of nitrogens with zero attached hydrogens (tertiary/aromatic N) is 2. The van der Waals surface area contributed by atoms with E-state index in [2.05, 4.69) is 5.32 Å². The van der Waals surface area contributed by atoms with Crippen molar-refractivity contribution < 1.29 is 14.4 Å². The van der Waals surface area contributed by atoms with Gasteiger partial charge in [-0.2, -0.15) is 0 Å². The van der Waals surface area contributed by atoms with Crippen LogP contribution in [0.2, 0.25) is 0 Å². The van der Waals surface area contributed by atoms with E-state index in [0.717, 1.165) is 70.0 Å². The predicted molar refractivity (Wildman–Crippen MR) is 120 cm³/mol. The SMILES string of the molecule is Cc1ccccc1C(=O)NC(C(=O)N1CCCC1)C1CCN(C(=O)C2CCCC2)CC1. The summed E-state index contributed by atoms with van der Waals surface area (Å²) in [6.45, 7) is 4.83. The van der Waals surface area contributed by atoms with E-state index in [1.165, 1.54) is 0 Å². The lowest BCUT2D eigenvalue weighted by Gasteiger charge is -2.38. The van der Waals surface area contributed by atoms with Crippen LogP contribution in [0.1, 0.15) is 67.3 Å². The first-order valence-corrected chi connectivity index (χ1v) is 12.0. The second kappa shape index (κ2) is 9.84. The first-order valence-electron chi connectivity index (χ1n) is 12.0. The molecule has 0 radical (unpaired) electrons. The molecular weight excluding hydrogens is 390 g/mol. The van der Waals surface area contributed by atoms with Gasteiger partial charge in [0.25, 0.3) is 5.91 Å². The number of likely N-dealkylation sites (tertiary alicyclic amines) is 2. The number of hydrogen-bond acceptors (Lipinski definition) is 3. The second-order valence-corrected chi connectivity index (χ2v) is 9.44. The molecule has 3 fully saturated rings. The van der Waals surface area contributed by atoms with Crippen LogP contribution in [0.15, 0.2) is 24.3 Å². The number of carbonyl (C=O) groups is 3. The van der Waals surface area contributed by atoms with Crippen molar-refractivity contribution in [3.05, 3.63) is 35.4 Å². The fourth-order valence-corrected chi connectivity index (χ4v) is 5.45. The van der Waals surface area contributed by atoms with E-state index in [9.17, 15) is 14.4 Å². The van der Waals surface area contributed by atoms with Crippen LogP contribution in [0, 0.1) is 18.8 Å². The predicted octanol–water partition coefficient (Wildman–Crippen LogP) is 3.14. The molecule has 3 aliphatic rings. The summed E-state index contributed by atoms with van der Waals surface area (Å²) in [6.07, 6.45) is 7.92. The molecule has 1 atom stereocenters. The Balaban J connectivity index is 1.44. The van der Waals surface area contributed by atoms with Crippen molar-refractivity contribution in [2.45, 2.75) is 64.3 Å². The normalized spacial score (nSPS) is 21.3. The molecule has 1 N–H and O–H groups in total. The van der Waals surface area contributed by atoms with Crippen LogP contribution >= 0.6 is 0 Å². The van der Waals surface area contributed by atoms with Gasteiger partial charge in [0.1, 0.15) is 6.04 Å². The van der Waals surface area contributed by atoms with Crippen molar-refractivity contribution in [2.24, 2.45) is 11.8 Å². The number of piperidine rings is 1. The van der Waals surface area contributed by atoms with Crippen LogP contribution in [0.3, 0.4) is 0 Å². The zero-order valence-corrected chi connectivity index (χ0v) is 18.6. The summed E-state index contributed by atoms with van der Waals surface area (Å²) in [6, 6.07) is 6.97. The Morgan fingerprint density at radius 3 is 2.16 bits per heavy atom. The van der Waals surface area contributed by atoms with Gasteiger partial charge < -0.3 is 15.1 Å². The monoisotopic (exact) mass is 425 g/mol. The topological polar surface area (TPSA) is 69.7 Å². The third kappa shape index (κ3) is 4.94. The van der Waals surface area contributed by atoms with E-state index in [-0.39, 0.29) is 23.7 Å². The molecule has 6 nitrogen and oxygen atoms in total. The summed E-state index contributed by atoms with van der Waals surface area (Å²) >= 11 is 0. The fraction of sp³-hybridized carbons (Fsp3) is 0.640. The summed E-state index contributed by atoms with van der Waals surface area (Å²) in [5, 5.41) is 3.09. The minimum absolute atomic E-state index is 0.0417. The molecule has 2 heterocycles. The molecule has 4 rings (SSSR count). The highest BCUT2D eigenvalue weighted by atomic mass is 16.2. The van der Waals surface area contributed by atoms with E-state index < -0.39 is 6.04 Å². The molecule has 0 spiro atoms. The summed E-state index contributed by atoms with van der Waals surface area (Å²) < 4.78 is 0. The van der Waals surface area contributed by atoms with Gasteiger partial charge in [0.2, 0.25) is 11.8 Å². The molecule has 2 aliphatic heterocycles. The van der Waals surface area contributed by atoms with E-state index in [0.29, 0.717) is 24.6 Å². The molecule has 3 amide bonds. The lowest BCUT2D eigenvalue weighted by atomic mass is 9.87. The highest BCUT2D eigenvalue weighted by Gasteiger charge is 2.38. The van der Waals surface area contributed by atoms with Crippen molar-refractivity contribution in [3.63, 3.8) is 0 Å². The molecule has 1 aromatic carbocycles. The van der Waals surface area contributed by atoms with Crippen LogP contribution in [0.4, 0.5) is 0 Å². The van der Waals surface area contributed by atoms with Crippen LogP contribution in [-0.2, 0) is 9.59 Å². The van der Waals surface area contributed by atoms with Crippen molar-refractivity contribution in [2.75, 3.05) is 26.2 Å². The molecule has 0 bridgehead atoms. The highest BCUT2D eigenvalue weighted by Crippen LogP contribution is 2.30. The molecule has 31 heavy (non-hydrogen) atoms. The Kier molecular flexibility index (Phi) is 6.93. The highest BCUT2D eigenvalue weighted by molar-refractivity contribution is 5.98. The standard InChI is InChI=1S/C25H35N3O3/c1-18-8-2-5-11-21(18)23(29)26-22(25(31)27-14-6-7-15-27)19-12-16-28(17-13-19)24(30)20-9-3-4-10-20/h2,5,8,11,19-20,22H,3-4,6-7,9-10,12-17H2,1H3,(H,26,29). The number of rotatable bonds is 5. The maximum absolute atomic E-state index is 13.4. The molecule has 1 aromatic rings. The Morgan fingerprint density at radius 2 is 1.52 bits per heavy atom. The van der Waals surface area contributed by atoms with Gasteiger partial charge in [0.05, 0.1) is 0 Å². The molecule has 1 unspecified atom stereocenters. The van der Waals surface area contributed by atoms with E-state index in [1.54, 1.807) is 0 Å². The fourth-order valence-electron chi connectivity index (χ4n) is 5.45. The average molecular weight is 426 g/mol. The maximum atomic E-state index is 13.4. The third-order valence-corrected chi connectivity index (χ3v) is 7.39. The number of carbonyl (C=O) groups excluding carboxylic acids is 3. The van der Waals surface area contributed by atoms with Gasteiger partial charge in [-0.15, -0.1) is 0 Å². The van der Waals surface area contributed by atoms with E-state index in [4.69, 9.17) is 0 Å². The van der Waals surface area contributed by atoms with Crippen LogP contribution in [0.5, 0.6) is 0 Å². The Hall–Kier alpha value is -2.37. The van der Waals surface area contributed by atoms with Gasteiger partial charge in [0.15, 0.2) is 0 Å². The van der Waals surface area contributed by atoms with Crippen molar-refractivity contribution in [1.82, 2.24) is 15.1 Å². The van der Waals surface area contributed by atoms with Gasteiger partial charge in [-0.1, -0.05) is 31.0 Å². The Labute approximate surface area is 185 Å². The average Bonchev–Trinajstić information content (AvgIpc) is 3.51. The number of aryl methyl sites for hydroxylation is 1. The van der Waals surface area contributed by atoms with E-state index >= 15 is 0 Å². The van der Waals surface area contributed by atoms with Crippen LogP contribution in [-0.4, -0.2) is 59.7 Å². The van der Waals surface area contributed by atoms with Gasteiger partial charge in [-0.3, -0.25) is 14.4 Å². The zero-order valence-electron chi connectivity index (χ0n) is 18.6. The number of amides is 3. The Bertz CT molecular complexity index is 804. The molecule has 0 aromatic heterocycles. The summed E-state index contributed by atoms with van der Waals surface area (Å²) in [5.74, 6) is 0.412. The van der Waals surface area contributed by atoms with Gasteiger partial charge in [-0.05, 0) is 63.0 Å². The summed E-state index contributed by atoms with van der Waals surface area (Å²) in [5.41, 5.74) is 1.53. The zero-order chi connectivity index (χ0) is 21.8. The number of hydrogen-bond donors (Lipinski definition) is 1. The number of benzene rings is 1. The third-order valence-electron chi connectivity index (χ3n) is 7.39. The lowest BCUT2D eigenvalue weighted by molar-refractivity contribution is -0.138. The van der Waals surface area contributed by atoms with Crippen molar-refractivity contribution in [1.29, 1.82) is 0 Å². The molecule has 1 saturated carbocycles. The maximum Gasteiger partial charge on any atom is 0.252 e. The van der Waals surface area contributed by atoms with Crippen LogP contribution in [0.25, 0.3) is 0 Å². The quantitative estimate of drug-likeness (QED) is 0.788. The molecule has 1 aliphatic carbocycles. The van der Waals surface area contributed by atoms with Crippen molar-refractivity contribution in [3.8, 4) is 0 Å². The molecular formula is C25H35N3O3. The van der Waals surface area contributed by atoms with E-state index in [1.807, 2.05) is 41.0 Å².